The number of hydrogen-bond donors (Lipinski definition) is 0. The number of nitro groups is 1. The Labute approximate surface area is 115 Å². The number of halogens is 1. The molecule has 2 rings (SSSR count). The summed E-state index contributed by atoms with van der Waals surface area (Å²) in [5, 5.41) is 15.3. The molecule has 0 amide bonds. The molecule has 19 heavy (non-hydrogen) atoms. The molecular weight excluding hydrogens is 268 g/mol. The molecule has 0 aliphatic heterocycles. The van der Waals surface area contributed by atoms with Crippen molar-refractivity contribution in [2.75, 3.05) is 0 Å². The van der Waals surface area contributed by atoms with Crippen LogP contribution in [-0.2, 0) is 12.8 Å². The number of aryl methyl sites for hydroxylation is 1. The van der Waals surface area contributed by atoms with Crippen molar-refractivity contribution in [3.05, 3.63) is 32.7 Å². The second kappa shape index (κ2) is 5.13. The summed E-state index contributed by atoms with van der Waals surface area (Å²) < 4.78 is 1.34. The average Bonchev–Trinajstić information content (AvgIpc) is 2.70. The molecule has 7 heteroatoms. The van der Waals surface area contributed by atoms with E-state index in [0.717, 1.165) is 12.0 Å². The highest BCUT2D eigenvalue weighted by Crippen LogP contribution is 2.30. The summed E-state index contributed by atoms with van der Waals surface area (Å²) >= 11 is 6.11. The predicted molar refractivity (Wildman–Crippen MR) is 72.6 cm³/mol. The summed E-state index contributed by atoms with van der Waals surface area (Å²) in [6.45, 7) is 5.96. The molecule has 0 aromatic carbocycles. The van der Waals surface area contributed by atoms with Gasteiger partial charge in [-0.2, -0.15) is 9.61 Å². The minimum Gasteiger partial charge on any atom is -0.258 e. The minimum atomic E-state index is -0.486. The zero-order valence-electron chi connectivity index (χ0n) is 11.1. The maximum absolute atomic E-state index is 11.2. The van der Waals surface area contributed by atoms with E-state index in [0.29, 0.717) is 17.8 Å². The summed E-state index contributed by atoms with van der Waals surface area (Å²) in [5.41, 5.74) is 1.82. The van der Waals surface area contributed by atoms with Gasteiger partial charge in [-0.15, -0.1) is 0 Å². The maximum atomic E-state index is 11.2. The van der Waals surface area contributed by atoms with Crippen molar-refractivity contribution in [1.29, 1.82) is 0 Å². The first-order valence-electron chi connectivity index (χ1n) is 6.15. The molecule has 2 aromatic heterocycles. The Morgan fingerprint density at radius 3 is 2.74 bits per heavy atom. The average molecular weight is 283 g/mol. The lowest BCUT2D eigenvalue weighted by Gasteiger charge is -2.08. The first kappa shape index (κ1) is 13.7. The summed E-state index contributed by atoms with van der Waals surface area (Å²) in [6.07, 6.45) is 2.92. The Morgan fingerprint density at radius 2 is 2.21 bits per heavy atom. The molecule has 0 atom stereocenters. The molecule has 0 spiro atoms. The van der Waals surface area contributed by atoms with E-state index in [1.165, 1.54) is 4.52 Å². The highest BCUT2D eigenvalue weighted by molar-refractivity contribution is 6.31. The molecule has 0 saturated carbocycles. The van der Waals surface area contributed by atoms with Crippen LogP contribution in [0.3, 0.4) is 0 Å². The van der Waals surface area contributed by atoms with Crippen molar-refractivity contribution < 1.29 is 4.92 Å². The Hall–Kier alpha value is -1.69. The van der Waals surface area contributed by atoms with Crippen LogP contribution < -0.4 is 0 Å². The van der Waals surface area contributed by atoms with Crippen LogP contribution >= 0.6 is 11.6 Å². The number of fused-ring (bicyclic) bond motifs is 1. The van der Waals surface area contributed by atoms with E-state index in [-0.39, 0.29) is 16.8 Å². The molecule has 2 heterocycles. The largest absolute Gasteiger partial charge is 0.327 e. The van der Waals surface area contributed by atoms with E-state index in [4.69, 9.17) is 11.6 Å². The summed E-state index contributed by atoms with van der Waals surface area (Å²) in [4.78, 5) is 15.1. The van der Waals surface area contributed by atoms with E-state index < -0.39 is 4.92 Å². The second-order valence-corrected chi connectivity index (χ2v) is 5.17. The van der Waals surface area contributed by atoms with Gasteiger partial charge in [0.2, 0.25) is 5.15 Å². The highest BCUT2D eigenvalue weighted by atomic mass is 35.5. The standard InChI is InChI=1S/C12H15ClN4O2/c1-4-8-6-14-16-11(13)10(17(18)19)9(5-7(2)3)15-12(8)16/h6-7H,4-5H2,1-3H3. The molecule has 0 aliphatic carbocycles. The van der Waals surface area contributed by atoms with Crippen molar-refractivity contribution in [1.82, 2.24) is 14.6 Å². The van der Waals surface area contributed by atoms with E-state index in [2.05, 4.69) is 10.1 Å². The van der Waals surface area contributed by atoms with Crippen molar-refractivity contribution in [2.24, 2.45) is 5.92 Å². The van der Waals surface area contributed by atoms with Crippen LogP contribution in [0.25, 0.3) is 5.65 Å². The molecule has 0 fully saturated rings. The number of aromatic nitrogens is 3. The Bertz CT molecular complexity index is 636. The van der Waals surface area contributed by atoms with Crippen LogP contribution in [0.2, 0.25) is 5.15 Å². The van der Waals surface area contributed by atoms with Crippen LogP contribution in [0.5, 0.6) is 0 Å². The van der Waals surface area contributed by atoms with Gasteiger partial charge in [-0.3, -0.25) is 10.1 Å². The fourth-order valence-electron chi connectivity index (χ4n) is 2.00. The molecule has 0 bridgehead atoms. The van der Waals surface area contributed by atoms with Crippen molar-refractivity contribution in [3.63, 3.8) is 0 Å². The SMILES string of the molecule is CCc1cnn2c(Cl)c([N+](=O)[O-])c(CC(C)C)nc12. The summed E-state index contributed by atoms with van der Waals surface area (Å²) in [7, 11) is 0. The first-order valence-corrected chi connectivity index (χ1v) is 6.52. The van der Waals surface area contributed by atoms with E-state index in [1.54, 1.807) is 6.20 Å². The lowest BCUT2D eigenvalue weighted by atomic mass is 10.1. The zero-order valence-corrected chi connectivity index (χ0v) is 11.8. The number of hydrogen-bond acceptors (Lipinski definition) is 4. The molecule has 0 radical (unpaired) electrons. The van der Waals surface area contributed by atoms with Crippen molar-refractivity contribution in [2.45, 2.75) is 33.6 Å². The van der Waals surface area contributed by atoms with Gasteiger partial charge in [-0.1, -0.05) is 32.4 Å². The number of nitrogens with zero attached hydrogens (tertiary/aromatic N) is 4. The third-order valence-corrected chi connectivity index (χ3v) is 3.22. The van der Waals surface area contributed by atoms with E-state index >= 15 is 0 Å². The van der Waals surface area contributed by atoms with E-state index in [9.17, 15) is 10.1 Å². The first-order chi connectivity index (χ1) is 8.95. The normalized spacial score (nSPS) is 11.4. The second-order valence-electron chi connectivity index (χ2n) is 4.81. The highest BCUT2D eigenvalue weighted by Gasteiger charge is 2.25. The van der Waals surface area contributed by atoms with Gasteiger partial charge in [0.1, 0.15) is 5.69 Å². The Morgan fingerprint density at radius 1 is 1.53 bits per heavy atom. The van der Waals surface area contributed by atoms with Crippen LogP contribution in [0.4, 0.5) is 5.69 Å². The molecule has 0 unspecified atom stereocenters. The Kier molecular flexibility index (Phi) is 3.71. The van der Waals surface area contributed by atoms with Gasteiger partial charge in [-0.25, -0.2) is 4.98 Å². The molecule has 0 saturated heterocycles. The summed E-state index contributed by atoms with van der Waals surface area (Å²) in [5.74, 6) is 0.262. The predicted octanol–water partition coefficient (Wildman–Crippen LogP) is 3.05. The monoisotopic (exact) mass is 282 g/mol. The fourth-order valence-corrected chi connectivity index (χ4v) is 2.30. The molecule has 2 aromatic rings. The van der Waals surface area contributed by atoms with Crippen LogP contribution in [-0.4, -0.2) is 19.5 Å². The molecule has 0 N–H and O–H groups in total. The quantitative estimate of drug-likeness (QED) is 0.491. The van der Waals surface area contributed by atoms with Crippen LogP contribution in [0.1, 0.15) is 32.0 Å². The van der Waals surface area contributed by atoms with Crippen molar-refractivity contribution >= 4 is 22.9 Å². The topological polar surface area (TPSA) is 73.3 Å². The smallest absolute Gasteiger partial charge is 0.258 e. The van der Waals surface area contributed by atoms with Gasteiger partial charge in [0.05, 0.1) is 11.1 Å². The molecular formula is C12H15ClN4O2. The van der Waals surface area contributed by atoms with Crippen LogP contribution in [0, 0.1) is 16.0 Å². The summed E-state index contributed by atoms with van der Waals surface area (Å²) in [6, 6.07) is 0. The zero-order chi connectivity index (χ0) is 14.2. The minimum absolute atomic E-state index is 0.0188. The third kappa shape index (κ3) is 2.40. The third-order valence-electron chi connectivity index (χ3n) is 2.88. The molecule has 0 aliphatic rings. The molecule has 6 nitrogen and oxygen atoms in total. The Balaban J connectivity index is 2.75. The van der Waals surface area contributed by atoms with Gasteiger partial charge < -0.3 is 0 Å². The van der Waals surface area contributed by atoms with Crippen molar-refractivity contribution in [3.8, 4) is 0 Å². The maximum Gasteiger partial charge on any atom is 0.327 e. The van der Waals surface area contributed by atoms with Gasteiger partial charge in [0.25, 0.3) is 0 Å². The van der Waals surface area contributed by atoms with Crippen LogP contribution in [0.15, 0.2) is 6.20 Å². The van der Waals surface area contributed by atoms with Gasteiger partial charge in [0, 0.05) is 5.56 Å². The van der Waals surface area contributed by atoms with Gasteiger partial charge in [0.15, 0.2) is 5.65 Å². The number of rotatable bonds is 4. The lowest BCUT2D eigenvalue weighted by Crippen LogP contribution is -2.08. The van der Waals surface area contributed by atoms with E-state index in [1.807, 2.05) is 20.8 Å². The fraction of sp³-hybridized carbons (Fsp3) is 0.500. The van der Waals surface area contributed by atoms with Gasteiger partial charge in [-0.05, 0) is 18.8 Å². The lowest BCUT2D eigenvalue weighted by molar-refractivity contribution is -0.386. The molecule has 102 valence electrons. The van der Waals surface area contributed by atoms with Gasteiger partial charge >= 0.3 is 5.69 Å².